The number of hydrogen-bond acceptors (Lipinski definition) is 0. The zero-order valence-electron chi connectivity index (χ0n) is 8.75. The van der Waals surface area contributed by atoms with Crippen LogP contribution in [0.3, 0.4) is 0 Å². The van der Waals surface area contributed by atoms with Crippen molar-refractivity contribution in [2.24, 2.45) is 0 Å². The summed E-state index contributed by atoms with van der Waals surface area (Å²) in [7, 11) is 0. The number of quaternary nitrogens is 2. The molecule has 2 aliphatic rings. The Morgan fingerprint density at radius 2 is 2.13 bits per heavy atom. The zero-order valence-corrected chi connectivity index (χ0v) is 9.50. The number of nitrogens with two attached hydrogens (primary N) is 1. The van der Waals surface area contributed by atoms with Gasteiger partial charge in [-0.05, 0) is 12.1 Å². The summed E-state index contributed by atoms with van der Waals surface area (Å²) in [4.78, 5) is 1.77. The molecular formula is C12H17ClN2+2. The summed E-state index contributed by atoms with van der Waals surface area (Å²) < 4.78 is 0. The first-order chi connectivity index (χ1) is 7.31. The second-order valence-electron chi connectivity index (χ2n) is 4.83. The maximum atomic E-state index is 5.88. The van der Waals surface area contributed by atoms with E-state index in [-0.39, 0.29) is 0 Å². The molecule has 0 spiro atoms. The van der Waals surface area contributed by atoms with Crippen LogP contribution in [0.4, 0.5) is 0 Å². The molecule has 0 aromatic heterocycles. The van der Waals surface area contributed by atoms with Crippen molar-refractivity contribution in [2.75, 3.05) is 13.1 Å². The molecule has 0 saturated carbocycles. The number of likely N-dealkylation sites (tertiary alicyclic amines) is 1. The first kappa shape index (κ1) is 9.64. The van der Waals surface area contributed by atoms with Crippen LogP contribution in [0.15, 0.2) is 24.3 Å². The molecule has 15 heavy (non-hydrogen) atoms. The normalized spacial score (nSPS) is 33.5. The topological polar surface area (TPSA) is 21.1 Å². The van der Waals surface area contributed by atoms with Gasteiger partial charge >= 0.3 is 0 Å². The van der Waals surface area contributed by atoms with Gasteiger partial charge in [-0.2, -0.15) is 0 Å². The molecule has 2 fully saturated rings. The fourth-order valence-corrected chi connectivity index (χ4v) is 3.12. The van der Waals surface area contributed by atoms with Gasteiger partial charge in [0, 0.05) is 10.6 Å². The molecule has 0 radical (unpaired) electrons. The lowest BCUT2D eigenvalue weighted by Crippen LogP contribution is -3.19. The van der Waals surface area contributed by atoms with Crippen molar-refractivity contribution >= 4 is 11.6 Å². The highest BCUT2D eigenvalue weighted by atomic mass is 35.5. The maximum Gasteiger partial charge on any atom is 0.143 e. The van der Waals surface area contributed by atoms with Crippen LogP contribution in [0.25, 0.3) is 0 Å². The van der Waals surface area contributed by atoms with Crippen LogP contribution in [0, 0.1) is 0 Å². The molecule has 3 rings (SSSR count). The van der Waals surface area contributed by atoms with E-state index in [0.29, 0.717) is 0 Å². The van der Waals surface area contributed by atoms with Gasteiger partial charge in [-0.1, -0.05) is 23.7 Å². The SMILES string of the molecule is Clc1ccc(C[NH+]2C[C@H]3C[C@@H]2C[NH2+]3)cc1. The van der Waals surface area contributed by atoms with Gasteiger partial charge in [0.25, 0.3) is 0 Å². The van der Waals surface area contributed by atoms with Gasteiger partial charge in [0.2, 0.25) is 0 Å². The number of piperazine rings is 1. The quantitative estimate of drug-likeness (QED) is 0.673. The number of benzene rings is 1. The second kappa shape index (κ2) is 3.78. The van der Waals surface area contributed by atoms with Gasteiger partial charge in [-0.15, -0.1) is 0 Å². The molecule has 2 saturated heterocycles. The van der Waals surface area contributed by atoms with E-state index in [1.165, 1.54) is 31.6 Å². The van der Waals surface area contributed by atoms with Crippen LogP contribution in [0.1, 0.15) is 12.0 Å². The summed E-state index contributed by atoms with van der Waals surface area (Å²) in [6.07, 6.45) is 1.42. The molecule has 2 nitrogen and oxygen atoms in total. The van der Waals surface area contributed by atoms with Gasteiger partial charge in [0.15, 0.2) is 0 Å². The van der Waals surface area contributed by atoms with Crippen molar-refractivity contribution in [3.05, 3.63) is 34.9 Å². The molecule has 0 amide bonds. The molecule has 3 heteroatoms. The van der Waals surface area contributed by atoms with E-state index in [1.807, 2.05) is 12.1 Å². The highest BCUT2D eigenvalue weighted by Crippen LogP contribution is 2.10. The molecule has 2 bridgehead atoms. The summed E-state index contributed by atoms with van der Waals surface area (Å²) in [6.45, 7) is 3.84. The number of fused-ring (bicyclic) bond motifs is 2. The summed E-state index contributed by atoms with van der Waals surface area (Å²) in [5, 5.41) is 3.35. The summed E-state index contributed by atoms with van der Waals surface area (Å²) in [6, 6.07) is 10.1. The number of rotatable bonds is 2. The van der Waals surface area contributed by atoms with Gasteiger partial charge in [0.05, 0.1) is 6.42 Å². The smallest absolute Gasteiger partial charge is 0.143 e. The summed E-state index contributed by atoms with van der Waals surface area (Å²) in [5.41, 5.74) is 1.42. The van der Waals surface area contributed by atoms with Gasteiger partial charge in [-0.3, -0.25) is 0 Å². The Kier molecular flexibility index (Phi) is 2.43. The van der Waals surface area contributed by atoms with Crippen molar-refractivity contribution in [3.8, 4) is 0 Å². The molecule has 1 aromatic rings. The molecule has 3 atom stereocenters. The number of nitrogens with one attached hydrogen (secondary N) is 1. The van der Waals surface area contributed by atoms with E-state index < -0.39 is 0 Å². The van der Waals surface area contributed by atoms with E-state index in [4.69, 9.17) is 11.6 Å². The van der Waals surface area contributed by atoms with Crippen molar-refractivity contribution in [1.29, 1.82) is 0 Å². The van der Waals surface area contributed by atoms with Gasteiger partial charge in [0.1, 0.15) is 31.7 Å². The van der Waals surface area contributed by atoms with Gasteiger partial charge in [-0.25, -0.2) is 0 Å². The Bertz CT molecular complexity index is 349. The largest absolute Gasteiger partial charge is 0.334 e. The molecule has 80 valence electrons. The summed E-state index contributed by atoms with van der Waals surface area (Å²) in [5.74, 6) is 0. The van der Waals surface area contributed by atoms with Crippen LogP contribution in [0.5, 0.6) is 0 Å². The monoisotopic (exact) mass is 224 g/mol. The fraction of sp³-hybridized carbons (Fsp3) is 0.500. The van der Waals surface area contributed by atoms with E-state index in [0.717, 1.165) is 17.1 Å². The van der Waals surface area contributed by atoms with E-state index >= 15 is 0 Å². The Labute approximate surface area is 95.2 Å². The molecular weight excluding hydrogens is 208 g/mol. The second-order valence-corrected chi connectivity index (χ2v) is 5.27. The lowest BCUT2D eigenvalue weighted by Gasteiger charge is -2.22. The minimum absolute atomic E-state index is 0.838. The van der Waals surface area contributed by atoms with Crippen LogP contribution >= 0.6 is 11.6 Å². The number of hydrogen-bond donors (Lipinski definition) is 2. The first-order valence-corrected chi connectivity index (χ1v) is 6.11. The lowest BCUT2D eigenvalue weighted by atomic mass is 10.2. The van der Waals surface area contributed by atoms with Crippen LogP contribution in [-0.4, -0.2) is 25.2 Å². The van der Waals surface area contributed by atoms with Crippen molar-refractivity contribution in [2.45, 2.75) is 25.0 Å². The van der Waals surface area contributed by atoms with Crippen LogP contribution < -0.4 is 10.2 Å². The third kappa shape index (κ3) is 1.89. The Morgan fingerprint density at radius 1 is 1.33 bits per heavy atom. The van der Waals surface area contributed by atoms with Crippen molar-refractivity contribution < 1.29 is 10.2 Å². The number of halogens is 1. The average molecular weight is 225 g/mol. The highest BCUT2D eigenvalue weighted by Gasteiger charge is 2.45. The predicted molar refractivity (Wildman–Crippen MR) is 60.0 cm³/mol. The third-order valence-electron chi connectivity index (χ3n) is 3.79. The van der Waals surface area contributed by atoms with Crippen molar-refractivity contribution in [3.63, 3.8) is 0 Å². The zero-order chi connectivity index (χ0) is 10.3. The fourth-order valence-electron chi connectivity index (χ4n) is 3.00. The van der Waals surface area contributed by atoms with Gasteiger partial charge < -0.3 is 10.2 Å². The molecule has 1 unspecified atom stereocenters. The molecule has 2 heterocycles. The minimum atomic E-state index is 0.838. The Hall–Kier alpha value is -0.570. The Morgan fingerprint density at radius 3 is 2.73 bits per heavy atom. The molecule has 3 N–H and O–H groups in total. The van der Waals surface area contributed by atoms with Crippen molar-refractivity contribution in [1.82, 2.24) is 0 Å². The molecule has 1 aromatic carbocycles. The predicted octanol–water partition coefficient (Wildman–Crippen LogP) is -0.557. The standard InChI is InChI=1S/C12H15ClN2/c13-10-3-1-9(2-4-10)7-15-8-11-5-12(15)6-14-11/h1-4,11-12,14H,5-8H2/p+2/t11-,12-/m1/s1. The first-order valence-electron chi connectivity index (χ1n) is 5.73. The third-order valence-corrected chi connectivity index (χ3v) is 4.04. The highest BCUT2D eigenvalue weighted by molar-refractivity contribution is 6.30. The summed E-state index contributed by atoms with van der Waals surface area (Å²) >= 11 is 5.88. The average Bonchev–Trinajstić information content (AvgIpc) is 2.83. The molecule has 2 aliphatic heterocycles. The van der Waals surface area contributed by atoms with Crippen LogP contribution in [0.2, 0.25) is 5.02 Å². The lowest BCUT2D eigenvalue weighted by molar-refractivity contribution is -0.963. The van der Waals surface area contributed by atoms with E-state index in [9.17, 15) is 0 Å². The van der Waals surface area contributed by atoms with E-state index in [1.54, 1.807) is 4.90 Å². The molecule has 0 aliphatic carbocycles. The maximum absolute atomic E-state index is 5.88. The minimum Gasteiger partial charge on any atom is -0.334 e. The van der Waals surface area contributed by atoms with E-state index in [2.05, 4.69) is 17.4 Å². The van der Waals surface area contributed by atoms with Crippen LogP contribution in [-0.2, 0) is 6.54 Å². The Balaban J connectivity index is 1.68.